The van der Waals surface area contributed by atoms with E-state index in [1.807, 2.05) is 13.8 Å². The average molecular weight is 255 g/mol. The van der Waals surface area contributed by atoms with Crippen molar-refractivity contribution in [1.29, 1.82) is 0 Å². The van der Waals surface area contributed by atoms with Gasteiger partial charge in [-0.15, -0.1) is 0 Å². The molecule has 0 bridgehead atoms. The number of hydrogen-bond donors (Lipinski definition) is 1. The number of pyridine rings is 1. The highest BCUT2D eigenvalue weighted by Gasteiger charge is 2.13. The second-order valence-electron chi connectivity index (χ2n) is 4.53. The van der Waals surface area contributed by atoms with Crippen molar-refractivity contribution in [3.63, 3.8) is 0 Å². The number of hydrogen-bond acceptors (Lipinski definition) is 2. The molecule has 17 heavy (non-hydrogen) atoms. The van der Waals surface area contributed by atoms with E-state index >= 15 is 0 Å². The maximum atomic E-state index is 12.0. The highest BCUT2D eigenvalue weighted by molar-refractivity contribution is 6.29. The molecule has 0 aromatic carbocycles. The molecule has 0 saturated heterocycles. The fourth-order valence-electron chi connectivity index (χ4n) is 1.32. The Kier molecular flexibility index (Phi) is 4.94. The minimum absolute atomic E-state index is 0.0924. The lowest BCUT2D eigenvalue weighted by molar-refractivity contribution is 0.0930. The molecule has 1 heterocycles. The van der Waals surface area contributed by atoms with Crippen LogP contribution in [0.25, 0.3) is 0 Å². The summed E-state index contributed by atoms with van der Waals surface area (Å²) < 4.78 is 0. The zero-order valence-electron chi connectivity index (χ0n) is 10.7. The predicted octanol–water partition coefficient (Wildman–Crippen LogP) is 3.07. The minimum atomic E-state index is -0.0924. The molecule has 1 aromatic rings. The summed E-state index contributed by atoms with van der Waals surface area (Å²) in [5.74, 6) is 0.312. The van der Waals surface area contributed by atoms with Gasteiger partial charge in [-0.05, 0) is 31.4 Å². The van der Waals surface area contributed by atoms with Gasteiger partial charge in [0.15, 0.2) is 0 Å². The summed E-state index contributed by atoms with van der Waals surface area (Å²) in [6, 6.07) is 3.52. The molecular formula is C13H19ClN2O. The van der Waals surface area contributed by atoms with Crippen LogP contribution in [0, 0.1) is 5.92 Å². The number of nitrogens with zero attached hydrogens (tertiary/aromatic N) is 1. The third kappa shape index (κ3) is 4.00. The summed E-state index contributed by atoms with van der Waals surface area (Å²) in [5.41, 5.74) is 1.41. The molecule has 1 atom stereocenters. The Balaban J connectivity index is 2.85. The first-order chi connectivity index (χ1) is 7.93. The summed E-state index contributed by atoms with van der Waals surface area (Å²) in [7, 11) is 0. The Labute approximate surface area is 108 Å². The predicted molar refractivity (Wildman–Crippen MR) is 70.4 cm³/mol. The van der Waals surface area contributed by atoms with E-state index in [0.29, 0.717) is 16.6 Å². The van der Waals surface area contributed by atoms with Crippen molar-refractivity contribution < 1.29 is 4.79 Å². The van der Waals surface area contributed by atoms with Gasteiger partial charge in [0.05, 0.1) is 0 Å². The van der Waals surface area contributed by atoms with E-state index in [1.54, 1.807) is 12.1 Å². The van der Waals surface area contributed by atoms with E-state index < -0.39 is 0 Å². The molecule has 0 aliphatic heterocycles. The number of amides is 1. The highest BCUT2D eigenvalue weighted by atomic mass is 35.5. The third-order valence-corrected chi connectivity index (χ3v) is 3.02. The maximum absolute atomic E-state index is 12.0. The Morgan fingerprint density at radius 1 is 1.41 bits per heavy atom. The van der Waals surface area contributed by atoms with Crippen LogP contribution in [0.4, 0.5) is 0 Å². The number of halogens is 1. The van der Waals surface area contributed by atoms with Crippen molar-refractivity contribution in [2.45, 2.75) is 40.2 Å². The largest absolute Gasteiger partial charge is 0.349 e. The Morgan fingerprint density at radius 2 is 2.06 bits per heavy atom. The normalized spacial score (nSPS) is 12.6. The first-order valence-corrected chi connectivity index (χ1v) is 6.29. The molecule has 1 amide bonds. The summed E-state index contributed by atoms with van der Waals surface area (Å²) >= 11 is 5.88. The van der Waals surface area contributed by atoms with Crippen LogP contribution in [0.2, 0.25) is 5.15 Å². The molecule has 1 rings (SSSR count). The van der Waals surface area contributed by atoms with E-state index in [1.165, 1.54) is 0 Å². The van der Waals surface area contributed by atoms with Crippen molar-refractivity contribution in [2.75, 3.05) is 0 Å². The van der Waals surface area contributed by atoms with Gasteiger partial charge >= 0.3 is 0 Å². The smallest absolute Gasteiger partial charge is 0.251 e. The fourth-order valence-corrected chi connectivity index (χ4v) is 1.55. The number of carbonyl (C=O) groups is 1. The van der Waals surface area contributed by atoms with Gasteiger partial charge in [-0.3, -0.25) is 4.79 Å². The van der Waals surface area contributed by atoms with Crippen LogP contribution in [0.3, 0.4) is 0 Å². The molecular weight excluding hydrogens is 236 g/mol. The van der Waals surface area contributed by atoms with E-state index in [4.69, 9.17) is 11.6 Å². The molecule has 4 heteroatoms. The molecule has 0 radical (unpaired) electrons. The quantitative estimate of drug-likeness (QED) is 0.839. The van der Waals surface area contributed by atoms with Crippen molar-refractivity contribution in [3.8, 4) is 0 Å². The molecule has 0 spiro atoms. The molecule has 1 aromatic heterocycles. The van der Waals surface area contributed by atoms with Crippen molar-refractivity contribution in [3.05, 3.63) is 28.5 Å². The number of nitrogens with one attached hydrogen (secondary N) is 1. The third-order valence-electron chi connectivity index (χ3n) is 2.83. The lowest BCUT2D eigenvalue weighted by Crippen LogP contribution is -2.36. The lowest BCUT2D eigenvalue weighted by atomic mass is 10.1. The van der Waals surface area contributed by atoms with Gasteiger partial charge in [-0.2, -0.15) is 0 Å². The van der Waals surface area contributed by atoms with E-state index in [9.17, 15) is 4.79 Å². The molecule has 94 valence electrons. The second kappa shape index (κ2) is 6.01. The summed E-state index contributed by atoms with van der Waals surface area (Å²) in [6.07, 6.45) is 0.764. The van der Waals surface area contributed by atoms with Crippen molar-refractivity contribution in [2.24, 2.45) is 5.92 Å². The lowest BCUT2D eigenvalue weighted by Gasteiger charge is -2.17. The van der Waals surface area contributed by atoms with Crippen LogP contribution in [-0.2, 0) is 6.42 Å². The summed E-state index contributed by atoms with van der Waals surface area (Å²) in [4.78, 5) is 16.1. The molecule has 0 saturated carbocycles. The Bertz CT molecular complexity index is 404. The van der Waals surface area contributed by atoms with Crippen LogP contribution >= 0.6 is 11.6 Å². The monoisotopic (exact) mass is 254 g/mol. The minimum Gasteiger partial charge on any atom is -0.349 e. The van der Waals surface area contributed by atoms with Crippen molar-refractivity contribution >= 4 is 17.5 Å². The van der Waals surface area contributed by atoms with Crippen LogP contribution in [0.1, 0.15) is 43.7 Å². The topological polar surface area (TPSA) is 42.0 Å². The SMILES string of the molecule is CCc1cc(C(=O)NC(C)C(C)C)cc(Cl)n1. The van der Waals surface area contributed by atoms with Gasteiger partial charge in [-0.1, -0.05) is 32.4 Å². The van der Waals surface area contributed by atoms with Crippen molar-refractivity contribution in [1.82, 2.24) is 10.3 Å². The van der Waals surface area contributed by atoms with Gasteiger partial charge < -0.3 is 5.32 Å². The first kappa shape index (κ1) is 14.0. The summed E-state index contributed by atoms with van der Waals surface area (Å²) in [5, 5.41) is 3.32. The molecule has 1 unspecified atom stereocenters. The standard InChI is InChI=1S/C13H19ClN2O/c1-5-11-6-10(7-12(14)16-11)13(17)15-9(4)8(2)3/h6-9H,5H2,1-4H3,(H,15,17). The number of carbonyl (C=O) groups excluding carboxylic acids is 1. The average Bonchev–Trinajstić information content (AvgIpc) is 2.27. The molecule has 0 fully saturated rings. The number of aryl methyl sites for hydroxylation is 1. The number of aromatic nitrogens is 1. The van der Waals surface area contributed by atoms with Gasteiger partial charge in [0, 0.05) is 17.3 Å². The van der Waals surface area contributed by atoms with Crippen LogP contribution in [0.5, 0.6) is 0 Å². The van der Waals surface area contributed by atoms with Gasteiger partial charge in [-0.25, -0.2) is 4.98 Å². The molecule has 3 nitrogen and oxygen atoms in total. The van der Waals surface area contributed by atoms with Crippen LogP contribution in [-0.4, -0.2) is 16.9 Å². The zero-order chi connectivity index (χ0) is 13.0. The first-order valence-electron chi connectivity index (χ1n) is 5.91. The zero-order valence-corrected chi connectivity index (χ0v) is 11.5. The Hall–Kier alpha value is -1.09. The number of rotatable bonds is 4. The molecule has 1 N–H and O–H groups in total. The van der Waals surface area contributed by atoms with E-state index in [0.717, 1.165) is 12.1 Å². The van der Waals surface area contributed by atoms with Gasteiger partial charge in [0.2, 0.25) is 0 Å². The van der Waals surface area contributed by atoms with Gasteiger partial charge in [0.1, 0.15) is 5.15 Å². The second-order valence-corrected chi connectivity index (χ2v) is 4.92. The summed E-state index contributed by atoms with van der Waals surface area (Å²) in [6.45, 7) is 8.12. The highest BCUT2D eigenvalue weighted by Crippen LogP contribution is 2.12. The van der Waals surface area contributed by atoms with E-state index in [-0.39, 0.29) is 11.9 Å². The van der Waals surface area contributed by atoms with Crippen LogP contribution < -0.4 is 5.32 Å². The Morgan fingerprint density at radius 3 is 2.59 bits per heavy atom. The van der Waals surface area contributed by atoms with E-state index in [2.05, 4.69) is 24.1 Å². The molecule has 0 aliphatic rings. The fraction of sp³-hybridized carbons (Fsp3) is 0.538. The molecule has 0 aliphatic carbocycles. The van der Waals surface area contributed by atoms with Gasteiger partial charge in [0.25, 0.3) is 5.91 Å². The van der Waals surface area contributed by atoms with Crippen LogP contribution in [0.15, 0.2) is 12.1 Å². The maximum Gasteiger partial charge on any atom is 0.251 e.